The van der Waals surface area contributed by atoms with Crippen LogP contribution in [0.1, 0.15) is 26.2 Å². The topological polar surface area (TPSA) is 35.5 Å². The van der Waals surface area contributed by atoms with Crippen LogP contribution in [0.4, 0.5) is 4.79 Å². The van der Waals surface area contributed by atoms with E-state index in [1.165, 1.54) is 19.3 Å². The summed E-state index contributed by atoms with van der Waals surface area (Å²) in [4.78, 5) is 10.5. The summed E-state index contributed by atoms with van der Waals surface area (Å²) in [6.07, 6.45) is 3.13. The molecule has 0 radical (unpaired) electrons. The van der Waals surface area contributed by atoms with E-state index >= 15 is 0 Å². The van der Waals surface area contributed by atoms with E-state index in [0.29, 0.717) is 6.61 Å². The van der Waals surface area contributed by atoms with Crippen molar-refractivity contribution in [1.82, 2.24) is 0 Å². The molecule has 12 heavy (non-hydrogen) atoms. The van der Waals surface area contributed by atoms with Crippen LogP contribution in [-0.4, -0.2) is 24.0 Å². The van der Waals surface area contributed by atoms with Gasteiger partial charge in [-0.15, -0.1) is 11.8 Å². The average Bonchev–Trinajstić information content (AvgIpc) is 2.45. The van der Waals surface area contributed by atoms with E-state index in [4.69, 9.17) is 4.74 Å². The molecular formula is C8H14O3S. The van der Waals surface area contributed by atoms with Crippen LogP contribution in [0.15, 0.2) is 0 Å². The van der Waals surface area contributed by atoms with Crippen LogP contribution in [0, 0.1) is 0 Å². The third kappa shape index (κ3) is 3.34. The first kappa shape index (κ1) is 9.71. The van der Waals surface area contributed by atoms with Gasteiger partial charge in [0.05, 0.1) is 0 Å². The van der Waals surface area contributed by atoms with Crippen molar-refractivity contribution in [2.75, 3.05) is 12.4 Å². The van der Waals surface area contributed by atoms with E-state index in [0.717, 1.165) is 5.75 Å². The van der Waals surface area contributed by atoms with Crippen LogP contribution in [0.5, 0.6) is 0 Å². The second-order valence-electron chi connectivity index (χ2n) is 2.69. The number of unbranched alkanes of at least 4 members (excludes halogenated alkanes) is 2. The van der Waals surface area contributed by atoms with Crippen molar-refractivity contribution in [2.45, 2.75) is 31.6 Å². The molecule has 70 valence electrons. The highest BCUT2D eigenvalue weighted by Crippen LogP contribution is 2.20. The summed E-state index contributed by atoms with van der Waals surface area (Å²) in [5, 5.41) is 0. The summed E-state index contributed by atoms with van der Waals surface area (Å²) in [5.41, 5.74) is -0.0608. The molecule has 3 nitrogen and oxygen atoms in total. The Morgan fingerprint density at radius 2 is 2.42 bits per heavy atom. The molecule has 1 heterocycles. The van der Waals surface area contributed by atoms with Gasteiger partial charge < -0.3 is 9.47 Å². The van der Waals surface area contributed by atoms with Gasteiger partial charge in [-0.2, -0.15) is 0 Å². The van der Waals surface area contributed by atoms with E-state index < -0.39 is 6.16 Å². The van der Waals surface area contributed by atoms with Crippen molar-refractivity contribution in [2.24, 2.45) is 0 Å². The Balaban J connectivity index is 1.97. The third-order valence-corrected chi connectivity index (χ3v) is 2.75. The first-order valence-electron chi connectivity index (χ1n) is 4.28. The van der Waals surface area contributed by atoms with Gasteiger partial charge in [-0.3, -0.25) is 0 Å². The molecule has 0 bridgehead atoms. The second kappa shape index (κ2) is 5.30. The molecule has 0 spiro atoms. The Labute approximate surface area is 76.8 Å². The van der Waals surface area contributed by atoms with Gasteiger partial charge in [0.2, 0.25) is 0 Å². The predicted octanol–water partition coefficient (Wildman–Crippen LogP) is 2.40. The number of ether oxygens (including phenoxy) is 2. The normalized spacial score (nSPS) is 22.1. The van der Waals surface area contributed by atoms with Gasteiger partial charge in [0.1, 0.15) is 6.61 Å². The maximum Gasteiger partial charge on any atom is 0.509 e. The van der Waals surface area contributed by atoms with Crippen molar-refractivity contribution in [3.05, 3.63) is 0 Å². The summed E-state index contributed by atoms with van der Waals surface area (Å²) >= 11 is 1.66. The Hall–Kier alpha value is -0.380. The minimum atomic E-state index is -0.525. The lowest BCUT2D eigenvalue weighted by molar-refractivity contribution is 0.129. The quantitative estimate of drug-likeness (QED) is 0.492. The number of rotatable bonds is 5. The molecule has 0 N–H and O–H groups in total. The summed E-state index contributed by atoms with van der Waals surface area (Å²) in [6.45, 7) is 2.58. The van der Waals surface area contributed by atoms with Crippen molar-refractivity contribution < 1.29 is 14.3 Å². The van der Waals surface area contributed by atoms with Crippen LogP contribution >= 0.6 is 11.8 Å². The van der Waals surface area contributed by atoms with Crippen LogP contribution < -0.4 is 0 Å². The van der Waals surface area contributed by atoms with Gasteiger partial charge >= 0.3 is 6.16 Å². The average molecular weight is 190 g/mol. The maximum atomic E-state index is 10.5. The lowest BCUT2D eigenvalue weighted by Crippen LogP contribution is -2.04. The molecular weight excluding hydrogens is 176 g/mol. The van der Waals surface area contributed by atoms with Crippen LogP contribution in [0.3, 0.4) is 0 Å². The zero-order valence-electron chi connectivity index (χ0n) is 7.25. The number of carbonyl (C=O) groups excluding carboxylic acids is 1. The van der Waals surface area contributed by atoms with E-state index in [9.17, 15) is 4.79 Å². The lowest BCUT2D eigenvalue weighted by atomic mass is 10.3. The molecule has 1 unspecified atom stereocenters. The van der Waals surface area contributed by atoms with Gasteiger partial charge in [0.25, 0.3) is 0 Å². The predicted molar refractivity (Wildman–Crippen MR) is 48.2 cm³/mol. The molecule has 0 saturated carbocycles. The molecule has 0 aromatic rings. The maximum absolute atomic E-state index is 10.5. The van der Waals surface area contributed by atoms with E-state index in [1.807, 2.05) is 0 Å². The second-order valence-corrected chi connectivity index (χ2v) is 3.95. The largest absolute Gasteiger partial charge is 0.509 e. The number of thioether (sulfide) groups is 1. The number of hydrogen-bond acceptors (Lipinski definition) is 4. The van der Waals surface area contributed by atoms with Crippen LogP contribution in [-0.2, 0) is 9.47 Å². The minimum Gasteiger partial charge on any atom is -0.429 e. The molecule has 1 aliphatic rings. The molecule has 1 aliphatic heterocycles. The van der Waals surface area contributed by atoms with Crippen molar-refractivity contribution in [3.8, 4) is 0 Å². The van der Waals surface area contributed by atoms with Gasteiger partial charge in [0, 0.05) is 0 Å². The minimum absolute atomic E-state index is 0.0608. The molecule has 1 fully saturated rings. The molecule has 0 aromatic carbocycles. The van der Waals surface area contributed by atoms with Gasteiger partial charge in [-0.05, 0) is 12.2 Å². The Morgan fingerprint density at radius 3 is 3.00 bits per heavy atom. The summed E-state index contributed by atoms with van der Waals surface area (Å²) in [5.74, 6) is 1.05. The highest BCUT2D eigenvalue weighted by atomic mass is 32.2. The highest BCUT2D eigenvalue weighted by Gasteiger charge is 2.24. The Bertz CT molecular complexity index is 149. The number of cyclic esters (lactones) is 2. The summed E-state index contributed by atoms with van der Waals surface area (Å²) in [7, 11) is 0. The van der Waals surface area contributed by atoms with Gasteiger partial charge in [-0.25, -0.2) is 4.79 Å². The third-order valence-electron chi connectivity index (χ3n) is 1.62. The van der Waals surface area contributed by atoms with Crippen LogP contribution in [0.2, 0.25) is 0 Å². The fraction of sp³-hybridized carbons (Fsp3) is 0.875. The SMILES string of the molecule is CCCCCSC1COC(=O)O1. The molecule has 1 atom stereocenters. The number of hydrogen-bond donors (Lipinski definition) is 0. The monoisotopic (exact) mass is 190 g/mol. The molecule has 1 saturated heterocycles. The summed E-state index contributed by atoms with van der Waals surface area (Å²) in [6, 6.07) is 0. The van der Waals surface area contributed by atoms with E-state index in [-0.39, 0.29) is 5.44 Å². The Kier molecular flexibility index (Phi) is 4.29. The van der Waals surface area contributed by atoms with Gasteiger partial charge in [-0.1, -0.05) is 19.8 Å². The molecule has 0 amide bonds. The lowest BCUT2D eigenvalue weighted by Gasteiger charge is -2.04. The van der Waals surface area contributed by atoms with Crippen LogP contribution in [0.25, 0.3) is 0 Å². The zero-order valence-corrected chi connectivity index (χ0v) is 8.06. The Morgan fingerprint density at radius 1 is 1.58 bits per heavy atom. The van der Waals surface area contributed by atoms with Crippen molar-refractivity contribution in [1.29, 1.82) is 0 Å². The summed E-state index contributed by atoms with van der Waals surface area (Å²) < 4.78 is 9.48. The molecule has 0 aliphatic carbocycles. The first-order chi connectivity index (χ1) is 5.83. The smallest absolute Gasteiger partial charge is 0.429 e. The highest BCUT2D eigenvalue weighted by molar-refractivity contribution is 7.99. The number of carbonyl (C=O) groups is 1. The van der Waals surface area contributed by atoms with E-state index in [1.54, 1.807) is 11.8 Å². The standard InChI is InChI=1S/C8H14O3S/c1-2-3-4-5-12-7-6-10-8(9)11-7/h7H,2-6H2,1H3. The van der Waals surface area contributed by atoms with Crippen molar-refractivity contribution >= 4 is 17.9 Å². The van der Waals surface area contributed by atoms with Gasteiger partial charge in [0.15, 0.2) is 5.44 Å². The fourth-order valence-electron chi connectivity index (χ4n) is 0.960. The first-order valence-corrected chi connectivity index (χ1v) is 5.33. The fourth-order valence-corrected chi connectivity index (χ4v) is 1.90. The molecule has 1 rings (SSSR count). The molecule has 4 heteroatoms. The van der Waals surface area contributed by atoms with E-state index in [2.05, 4.69) is 11.7 Å². The molecule has 0 aromatic heterocycles. The van der Waals surface area contributed by atoms with Crippen molar-refractivity contribution in [3.63, 3.8) is 0 Å². The zero-order chi connectivity index (χ0) is 8.81.